The van der Waals surface area contributed by atoms with Gasteiger partial charge in [-0.3, -0.25) is 4.79 Å². The van der Waals surface area contributed by atoms with Gasteiger partial charge >= 0.3 is 0 Å². The molecular weight excluding hydrogens is 392 g/mol. The molecule has 0 saturated carbocycles. The van der Waals surface area contributed by atoms with E-state index >= 15 is 0 Å². The van der Waals surface area contributed by atoms with Crippen LogP contribution in [0.3, 0.4) is 0 Å². The molecule has 7 nitrogen and oxygen atoms in total. The van der Waals surface area contributed by atoms with Crippen LogP contribution in [-0.2, 0) is 4.79 Å². The average molecular weight is 421 g/mol. The highest BCUT2D eigenvalue weighted by Gasteiger charge is 2.31. The normalized spacial score (nSPS) is 20.0. The molecule has 29 heavy (non-hydrogen) atoms. The van der Waals surface area contributed by atoms with E-state index in [2.05, 4.69) is 10.3 Å². The van der Waals surface area contributed by atoms with Crippen LogP contribution in [-0.4, -0.2) is 63.4 Å². The summed E-state index contributed by atoms with van der Waals surface area (Å²) in [6, 6.07) is 11.0. The minimum absolute atomic E-state index is 0.0267. The minimum atomic E-state index is -0.136. The molecule has 2 aromatic rings. The maximum atomic E-state index is 12.6. The zero-order valence-corrected chi connectivity index (χ0v) is 17.7. The van der Waals surface area contributed by atoms with Crippen molar-refractivity contribution in [1.82, 2.24) is 4.98 Å². The molecule has 3 rings (SSSR count). The topological polar surface area (TPSA) is 69.3 Å². The summed E-state index contributed by atoms with van der Waals surface area (Å²) in [6.07, 6.45) is 1.60. The number of pyridine rings is 1. The van der Waals surface area contributed by atoms with Crippen LogP contribution in [0.4, 0.5) is 5.69 Å². The second kappa shape index (κ2) is 10.4. The Morgan fingerprint density at radius 3 is 2.52 bits per heavy atom. The van der Waals surface area contributed by atoms with Crippen LogP contribution in [0.5, 0.6) is 11.5 Å². The van der Waals surface area contributed by atoms with Crippen molar-refractivity contribution >= 4 is 23.2 Å². The van der Waals surface area contributed by atoms with Gasteiger partial charge in [0.15, 0.2) is 11.2 Å². The number of nitrogens with one attached hydrogen (secondary N) is 3. The van der Waals surface area contributed by atoms with Gasteiger partial charge in [-0.2, -0.15) is 0 Å². The zero-order valence-electron chi connectivity index (χ0n) is 16.9. The third-order valence-electron chi connectivity index (χ3n) is 5.41. The molecule has 0 aliphatic carbocycles. The van der Waals surface area contributed by atoms with E-state index in [9.17, 15) is 4.79 Å². The van der Waals surface area contributed by atoms with Gasteiger partial charge < -0.3 is 24.6 Å². The maximum Gasteiger partial charge on any atom is 0.282 e. The Bertz CT molecular complexity index is 795. The lowest BCUT2D eigenvalue weighted by Gasteiger charge is -2.32. The molecule has 1 aromatic carbocycles. The Morgan fingerprint density at radius 2 is 1.86 bits per heavy atom. The molecule has 2 heterocycles. The summed E-state index contributed by atoms with van der Waals surface area (Å²) in [5.41, 5.74) is 0.561. The van der Waals surface area contributed by atoms with Crippen molar-refractivity contribution in [3.8, 4) is 11.5 Å². The second-order valence-electron chi connectivity index (χ2n) is 7.23. The second-order valence-corrected chi connectivity index (χ2v) is 7.59. The summed E-state index contributed by atoms with van der Waals surface area (Å²) in [6.45, 7) is 7.53. The fraction of sp³-hybridized carbons (Fsp3) is 0.429. The fourth-order valence-corrected chi connectivity index (χ4v) is 3.67. The fourth-order valence-electron chi connectivity index (χ4n) is 3.50. The van der Waals surface area contributed by atoms with E-state index in [1.54, 1.807) is 25.4 Å². The number of piperazine rings is 1. The number of ether oxygens (including phenoxy) is 2. The van der Waals surface area contributed by atoms with Gasteiger partial charge in [-0.15, -0.1) is 0 Å². The van der Waals surface area contributed by atoms with Crippen molar-refractivity contribution in [2.45, 2.75) is 13.0 Å². The molecular formula is C21H29ClN4O3+2. The van der Waals surface area contributed by atoms with Gasteiger partial charge in [-0.25, -0.2) is 4.98 Å². The third-order valence-corrected chi connectivity index (χ3v) is 5.71. The number of rotatable bonds is 8. The van der Waals surface area contributed by atoms with Crippen molar-refractivity contribution in [3.05, 3.63) is 47.7 Å². The Morgan fingerprint density at radius 1 is 1.17 bits per heavy atom. The highest BCUT2D eigenvalue weighted by atomic mass is 35.5. The van der Waals surface area contributed by atoms with Crippen molar-refractivity contribution in [2.75, 3.05) is 51.8 Å². The molecule has 1 saturated heterocycles. The summed E-state index contributed by atoms with van der Waals surface area (Å²) < 4.78 is 11.0. The van der Waals surface area contributed by atoms with Gasteiger partial charge in [0.25, 0.3) is 5.91 Å². The monoisotopic (exact) mass is 420 g/mol. The van der Waals surface area contributed by atoms with Crippen LogP contribution < -0.4 is 24.6 Å². The number of benzene rings is 1. The summed E-state index contributed by atoms with van der Waals surface area (Å²) >= 11 is 6.03. The summed E-state index contributed by atoms with van der Waals surface area (Å²) in [5, 5.41) is 3.20. The SMILES string of the molecule is COc1ccc(OCC[NH+]2CC[NH+]([C@H](C)C(=O)Nc3cccnc3Cl)CC2)cc1. The summed E-state index contributed by atoms with van der Waals surface area (Å²) in [4.78, 5) is 19.4. The van der Waals surface area contributed by atoms with Gasteiger partial charge in [0.05, 0.1) is 12.8 Å². The number of halogens is 1. The van der Waals surface area contributed by atoms with Crippen LogP contribution in [0.25, 0.3) is 0 Å². The smallest absolute Gasteiger partial charge is 0.282 e. The van der Waals surface area contributed by atoms with Gasteiger partial charge in [0.1, 0.15) is 50.8 Å². The number of anilines is 1. The molecule has 0 unspecified atom stereocenters. The molecule has 0 radical (unpaired) electrons. The Hall–Kier alpha value is -2.35. The molecule has 8 heteroatoms. The van der Waals surface area contributed by atoms with E-state index in [1.807, 2.05) is 31.2 Å². The summed E-state index contributed by atoms with van der Waals surface area (Å²) in [7, 11) is 1.65. The molecule has 1 aromatic heterocycles. The molecule has 1 aliphatic rings. The van der Waals surface area contributed by atoms with Crippen molar-refractivity contribution in [2.24, 2.45) is 0 Å². The highest BCUT2D eigenvalue weighted by molar-refractivity contribution is 6.32. The number of amides is 1. The van der Waals surface area contributed by atoms with Crippen LogP contribution >= 0.6 is 11.6 Å². The van der Waals surface area contributed by atoms with E-state index < -0.39 is 0 Å². The number of quaternary nitrogens is 2. The highest BCUT2D eigenvalue weighted by Crippen LogP contribution is 2.17. The Kier molecular flexibility index (Phi) is 7.69. The number of hydrogen-bond acceptors (Lipinski definition) is 4. The standard InChI is InChI=1S/C21H27ClN4O3/c1-16(21(27)24-19-4-3-9-23-20(19)22)26-12-10-25(11-13-26)14-15-29-18-7-5-17(28-2)6-8-18/h3-9,16H,10-15H2,1-2H3,(H,24,27)/p+2/t16-/m1/s1. The Balaban J connectivity index is 1.39. The lowest BCUT2D eigenvalue weighted by molar-refractivity contribution is -1.02. The first kappa shape index (κ1) is 21.4. The van der Waals surface area contributed by atoms with E-state index in [1.165, 1.54) is 9.80 Å². The molecule has 0 spiro atoms. The van der Waals surface area contributed by atoms with Gasteiger partial charge in [0.2, 0.25) is 0 Å². The molecule has 1 amide bonds. The predicted molar refractivity (Wildman–Crippen MR) is 112 cm³/mol. The van der Waals surface area contributed by atoms with E-state index in [0.29, 0.717) is 17.4 Å². The van der Waals surface area contributed by atoms with Gasteiger partial charge in [-0.05, 0) is 43.3 Å². The molecule has 0 bridgehead atoms. The Labute approximate surface area is 176 Å². The first-order chi connectivity index (χ1) is 14.1. The predicted octanol–water partition coefficient (Wildman–Crippen LogP) is -0.0670. The van der Waals surface area contributed by atoms with Crippen LogP contribution in [0.1, 0.15) is 6.92 Å². The van der Waals surface area contributed by atoms with E-state index in [4.69, 9.17) is 21.1 Å². The van der Waals surface area contributed by atoms with Gasteiger partial charge in [0, 0.05) is 6.20 Å². The van der Waals surface area contributed by atoms with Gasteiger partial charge in [-0.1, -0.05) is 11.6 Å². The zero-order chi connectivity index (χ0) is 20.6. The first-order valence-corrected chi connectivity index (χ1v) is 10.3. The maximum absolute atomic E-state index is 12.6. The van der Waals surface area contributed by atoms with Crippen molar-refractivity contribution in [3.63, 3.8) is 0 Å². The number of aromatic nitrogens is 1. The molecule has 1 aliphatic heterocycles. The minimum Gasteiger partial charge on any atom is -0.497 e. The summed E-state index contributed by atoms with van der Waals surface area (Å²) in [5.74, 6) is 1.65. The lowest BCUT2D eigenvalue weighted by Crippen LogP contribution is -3.30. The third kappa shape index (κ3) is 6.06. The van der Waals surface area contributed by atoms with E-state index in [-0.39, 0.29) is 11.9 Å². The molecule has 1 fully saturated rings. The molecule has 1 atom stereocenters. The largest absolute Gasteiger partial charge is 0.497 e. The quantitative estimate of drug-likeness (QED) is 0.523. The number of carbonyl (C=O) groups excluding carboxylic acids is 1. The lowest BCUT2D eigenvalue weighted by atomic mass is 10.2. The molecule has 3 N–H and O–H groups in total. The average Bonchev–Trinajstić information content (AvgIpc) is 2.76. The number of carbonyl (C=O) groups is 1. The first-order valence-electron chi connectivity index (χ1n) is 9.93. The number of methoxy groups -OCH3 is 1. The van der Waals surface area contributed by atoms with Crippen LogP contribution in [0.15, 0.2) is 42.6 Å². The molecule has 156 valence electrons. The van der Waals surface area contributed by atoms with Crippen LogP contribution in [0, 0.1) is 0 Å². The van der Waals surface area contributed by atoms with Crippen molar-refractivity contribution < 1.29 is 24.1 Å². The van der Waals surface area contributed by atoms with Crippen molar-refractivity contribution in [1.29, 1.82) is 0 Å². The number of hydrogen-bond donors (Lipinski definition) is 3. The van der Waals surface area contributed by atoms with E-state index in [0.717, 1.165) is 44.2 Å². The number of nitrogens with zero attached hydrogens (tertiary/aromatic N) is 1. The van der Waals surface area contributed by atoms with Crippen LogP contribution in [0.2, 0.25) is 5.15 Å².